The number of hydrogen-bond donors (Lipinski definition) is 1. The second kappa shape index (κ2) is 5.85. The van der Waals surface area contributed by atoms with Gasteiger partial charge in [-0.1, -0.05) is 5.16 Å². The van der Waals surface area contributed by atoms with Crippen LogP contribution in [0.25, 0.3) is 0 Å². The van der Waals surface area contributed by atoms with Crippen molar-refractivity contribution in [1.82, 2.24) is 15.4 Å². The van der Waals surface area contributed by atoms with Crippen LogP contribution in [0.15, 0.2) is 4.52 Å². The number of aryl methyl sites for hydroxylation is 2. The Hall–Kier alpha value is -0.870. The summed E-state index contributed by atoms with van der Waals surface area (Å²) in [6.07, 6.45) is 2.65. The monoisotopic (exact) mass is 251 g/mol. The van der Waals surface area contributed by atoms with Gasteiger partial charge in [0.15, 0.2) is 0 Å². The fourth-order valence-electron chi connectivity index (χ4n) is 2.80. The molecule has 2 unspecified atom stereocenters. The molecule has 102 valence electrons. The highest BCUT2D eigenvalue weighted by Gasteiger charge is 2.22. The molecule has 4 heteroatoms. The number of piperidine rings is 1. The Morgan fingerprint density at radius 2 is 2.28 bits per heavy atom. The molecule has 0 aliphatic carbocycles. The van der Waals surface area contributed by atoms with Gasteiger partial charge in [-0.2, -0.15) is 0 Å². The van der Waals surface area contributed by atoms with E-state index in [1.165, 1.54) is 31.5 Å². The van der Waals surface area contributed by atoms with Crippen molar-refractivity contribution in [3.8, 4) is 0 Å². The summed E-state index contributed by atoms with van der Waals surface area (Å²) in [6, 6.07) is 0.543. The van der Waals surface area contributed by atoms with Crippen molar-refractivity contribution < 1.29 is 4.52 Å². The fourth-order valence-corrected chi connectivity index (χ4v) is 2.80. The van der Waals surface area contributed by atoms with Crippen LogP contribution >= 0.6 is 0 Å². The van der Waals surface area contributed by atoms with Crippen molar-refractivity contribution in [1.29, 1.82) is 0 Å². The highest BCUT2D eigenvalue weighted by atomic mass is 16.5. The molecule has 2 rings (SSSR count). The highest BCUT2D eigenvalue weighted by Crippen LogP contribution is 2.19. The standard InChI is InChI=1S/C14H25N3O/c1-10(13-6-5-7-17(4)9-13)15-8-14-11(2)16-18-12(14)3/h10,13,15H,5-9H2,1-4H3. The molecule has 1 aliphatic rings. The van der Waals surface area contributed by atoms with E-state index in [-0.39, 0.29) is 0 Å². The van der Waals surface area contributed by atoms with Crippen LogP contribution in [0.2, 0.25) is 0 Å². The Kier molecular flexibility index (Phi) is 4.40. The zero-order chi connectivity index (χ0) is 13.1. The zero-order valence-corrected chi connectivity index (χ0v) is 12.0. The van der Waals surface area contributed by atoms with Crippen molar-refractivity contribution >= 4 is 0 Å². The Morgan fingerprint density at radius 1 is 1.50 bits per heavy atom. The van der Waals surface area contributed by atoms with E-state index in [4.69, 9.17) is 4.52 Å². The molecule has 4 nitrogen and oxygen atoms in total. The molecule has 2 heterocycles. The van der Waals surface area contributed by atoms with E-state index in [1.807, 2.05) is 13.8 Å². The summed E-state index contributed by atoms with van der Waals surface area (Å²) < 4.78 is 5.19. The number of aromatic nitrogens is 1. The van der Waals surface area contributed by atoms with Crippen LogP contribution in [0.1, 0.15) is 36.8 Å². The van der Waals surface area contributed by atoms with Gasteiger partial charge in [0, 0.05) is 24.7 Å². The first-order valence-corrected chi connectivity index (χ1v) is 6.91. The van der Waals surface area contributed by atoms with Gasteiger partial charge in [-0.3, -0.25) is 0 Å². The molecule has 1 saturated heterocycles. The third-order valence-electron chi connectivity index (χ3n) is 4.15. The third kappa shape index (κ3) is 3.12. The molecule has 1 N–H and O–H groups in total. The molecule has 0 amide bonds. The van der Waals surface area contributed by atoms with E-state index in [2.05, 4.69) is 29.3 Å². The normalized spacial score (nSPS) is 23.2. The second-order valence-electron chi connectivity index (χ2n) is 5.64. The Bertz CT molecular complexity index is 369. The maximum absolute atomic E-state index is 5.19. The quantitative estimate of drug-likeness (QED) is 0.890. The van der Waals surface area contributed by atoms with E-state index in [1.54, 1.807) is 0 Å². The molecule has 1 aromatic rings. The summed E-state index contributed by atoms with van der Waals surface area (Å²) >= 11 is 0. The van der Waals surface area contributed by atoms with Crippen LogP contribution in [0.3, 0.4) is 0 Å². The Morgan fingerprint density at radius 3 is 2.89 bits per heavy atom. The van der Waals surface area contributed by atoms with E-state index >= 15 is 0 Å². The molecule has 1 aliphatic heterocycles. The molecule has 1 fully saturated rings. The molecule has 1 aromatic heterocycles. The summed E-state index contributed by atoms with van der Waals surface area (Å²) in [5.74, 6) is 1.69. The van der Waals surface area contributed by atoms with Crippen LogP contribution in [0, 0.1) is 19.8 Å². The molecule has 0 spiro atoms. The highest BCUT2D eigenvalue weighted by molar-refractivity contribution is 5.20. The van der Waals surface area contributed by atoms with E-state index in [9.17, 15) is 0 Å². The summed E-state index contributed by atoms with van der Waals surface area (Å²) in [4.78, 5) is 2.43. The molecule has 2 atom stereocenters. The molecule has 18 heavy (non-hydrogen) atoms. The predicted octanol–water partition coefficient (Wildman–Crippen LogP) is 2.11. The first kappa shape index (κ1) is 13.6. The van der Waals surface area contributed by atoms with Gasteiger partial charge >= 0.3 is 0 Å². The Balaban J connectivity index is 1.86. The number of hydrogen-bond acceptors (Lipinski definition) is 4. The minimum absolute atomic E-state index is 0.543. The summed E-state index contributed by atoms with van der Waals surface area (Å²) in [5, 5.41) is 7.63. The lowest BCUT2D eigenvalue weighted by molar-refractivity contribution is 0.178. The molecule has 0 radical (unpaired) electrons. The lowest BCUT2D eigenvalue weighted by atomic mass is 9.92. The van der Waals surface area contributed by atoms with E-state index in [0.29, 0.717) is 6.04 Å². The smallest absolute Gasteiger partial charge is 0.138 e. The molecule has 0 bridgehead atoms. The number of nitrogens with zero attached hydrogens (tertiary/aromatic N) is 2. The molecular weight excluding hydrogens is 226 g/mol. The number of likely N-dealkylation sites (tertiary alicyclic amines) is 1. The van der Waals surface area contributed by atoms with Crippen LogP contribution in [-0.4, -0.2) is 36.2 Å². The Labute approximate surface area is 110 Å². The van der Waals surface area contributed by atoms with Crippen molar-refractivity contribution in [3.63, 3.8) is 0 Å². The topological polar surface area (TPSA) is 41.3 Å². The van der Waals surface area contributed by atoms with Crippen LogP contribution in [0.5, 0.6) is 0 Å². The van der Waals surface area contributed by atoms with Gasteiger partial charge in [-0.15, -0.1) is 0 Å². The van der Waals surface area contributed by atoms with Gasteiger partial charge in [0.1, 0.15) is 5.76 Å². The van der Waals surface area contributed by atoms with Gasteiger partial charge in [0.05, 0.1) is 5.69 Å². The van der Waals surface area contributed by atoms with Crippen LogP contribution in [0.4, 0.5) is 0 Å². The van der Waals surface area contributed by atoms with Crippen LogP contribution in [-0.2, 0) is 6.54 Å². The van der Waals surface area contributed by atoms with Gasteiger partial charge in [-0.05, 0) is 53.1 Å². The average Bonchev–Trinajstić information content (AvgIpc) is 2.66. The van der Waals surface area contributed by atoms with E-state index < -0.39 is 0 Å². The van der Waals surface area contributed by atoms with Gasteiger partial charge in [0.25, 0.3) is 0 Å². The lowest BCUT2D eigenvalue weighted by Gasteiger charge is -2.34. The number of nitrogens with one attached hydrogen (secondary N) is 1. The van der Waals surface area contributed by atoms with Crippen molar-refractivity contribution in [2.45, 2.75) is 46.2 Å². The first-order chi connectivity index (χ1) is 8.58. The van der Waals surface area contributed by atoms with Crippen molar-refractivity contribution in [2.75, 3.05) is 20.1 Å². The maximum Gasteiger partial charge on any atom is 0.138 e. The van der Waals surface area contributed by atoms with Crippen molar-refractivity contribution in [2.24, 2.45) is 5.92 Å². The lowest BCUT2D eigenvalue weighted by Crippen LogP contribution is -2.42. The second-order valence-corrected chi connectivity index (χ2v) is 5.64. The SMILES string of the molecule is Cc1noc(C)c1CNC(C)C1CCCN(C)C1. The van der Waals surface area contributed by atoms with E-state index in [0.717, 1.165) is 23.9 Å². The van der Waals surface area contributed by atoms with Gasteiger partial charge in [0.2, 0.25) is 0 Å². The summed E-state index contributed by atoms with van der Waals surface area (Å²) in [5.41, 5.74) is 2.22. The van der Waals surface area contributed by atoms with Crippen molar-refractivity contribution in [3.05, 3.63) is 17.0 Å². The molecular formula is C14H25N3O. The number of rotatable bonds is 4. The summed E-state index contributed by atoms with van der Waals surface area (Å²) in [7, 11) is 2.22. The largest absolute Gasteiger partial charge is 0.361 e. The molecule has 0 saturated carbocycles. The molecule has 0 aromatic carbocycles. The first-order valence-electron chi connectivity index (χ1n) is 6.91. The predicted molar refractivity (Wildman–Crippen MR) is 72.5 cm³/mol. The minimum atomic E-state index is 0.543. The fraction of sp³-hybridized carbons (Fsp3) is 0.786. The maximum atomic E-state index is 5.19. The zero-order valence-electron chi connectivity index (χ0n) is 12.0. The minimum Gasteiger partial charge on any atom is -0.361 e. The van der Waals surface area contributed by atoms with Gasteiger partial charge in [-0.25, -0.2) is 0 Å². The van der Waals surface area contributed by atoms with Crippen LogP contribution < -0.4 is 5.32 Å². The average molecular weight is 251 g/mol. The van der Waals surface area contributed by atoms with Gasteiger partial charge < -0.3 is 14.7 Å². The third-order valence-corrected chi connectivity index (χ3v) is 4.15. The summed E-state index contributed by atoms with van der Waals surface area (Å²) in [6.45, 7) is 9.59.